The van der Waals surface area contributed by atoms with E-state index in [1.54, 1.807) is 52.0 Å². The number of ether oxygens (including phenoxy) is 1. The molecular formula is C22H21N3O5S. The van der Waals surface area contributed by atoms with Crippen molar-refractivity contribution < 1.29 is 23.9 Å². The van der Waals surface area contributed by atoms with E-state index < -0.39 is 35.7 Å². The fourth-order valence-corrected chi connectivity index (χ4v) is 4.55. The Labute approximate surface area is 183 Å². The van der Waals surface area contributed by atoms with Gasteiger partial charge in [-0.05, 0) is 37.5 Å². The molecule has 0 saturated heterocycles. The minimum Gasteiger partial charge on any atom is -0.462 e. The van der Waals surface area contributed by atoms with Gasteiger partial charge < -0.3 is 10.1 Å². The molecule has 8 nitrogen and oxygen atoms in total. The predicted molar refractivity (Wildman–Crippen MR) is 114 cm³/mol. The summed E-state index contributed by atoms with van der Waals surface area (Å²) in [6.45, 7) is 6.89. The van der Waals surface area contributed by atoms with E-state index in [4.69, 9.17) is 4.74 Å². The Kier molecular flexibility index (Phi) is 6.22. The van der Waals surface area contributed by atoms with E-state index in [-0.39, 0.29) is 33.2 Å². The molecule has 1 aromatic heterocycles. The molecule has 3 rings (SSSR count). The minimum atomic E-state index is -1.09. The summed E-state index contributed by atoms with van der Waals surface area (Å²) in [6.07, 6.45) is 0. The van der Waals surface area contributed by atoms with E-state index in [1.807, 2.05) is 6.07 Å². The number of hydrogen-bond donors (Lipinski definition) is 1. The van der Waals surface area contributed by atoms with Crippen molar-refractivity contribution in [3.8, 4) is 6.07 Å². The first-order chi connectivity index (χ1) is 14.7. The van der Waals surface area contributed by atoms with E-state index in [1.165, 1.54) is 0 Å². The van der Waals surface area contributed by atoms with Gasteiger partial charge in [0, 0.05) is 0 Å². The number of amides is 3. The quantitative estimate of drug-likeness (QED) is 0.545. The van der Waals surface area contributed by atoms with Crippen LogP contribution < -0.4 is 5.32 Å². The normalized spacial score (nSPS) is 13.7. The summed E-state index contributed by atoms with van der Waals surface area (Å²) in [6, 6.07) is 7.31. The highest BCUT2D eigenvalue weighted by molar-refractivity contribution is 7.18. The third-order valence-corrected chi connectivity index (χ3v) is 6.15. The number of carbonyl (C=O) groups is 4. The van der Waals surface area contributed by atoms with Crippen molar-refractivity contribution in [1.29, 1.82) is 5.26 Å². The zero-order valence-electron chi connectivity index (χ0n) is 17.5. The Hall–Kier alpha value is -3.51. The van der Waals surface area contributed by atoms with E-state index in [0.717, 1.165) is 16.2 Å². The summed E-state index contributed by atoms with van der Waals surface area (Å²) in [7, 11) is 0. The van der Waals surface area contributed by atoms with Gasteiger partial charge in [0.2, 0.25) is 5.91 Å². The van der Waals surface area contributed by atoms with Gasteiger partial charge in [-0.2, -0.15) is 5.26 Å². The van der Waals surface area contributed by atoms with Crippen LogP contribution in [0.25, 0.3) is 0 Å². The van der Waals surface area contributed by atoms with Gasteiger partial charge in [-0.1, -0.05) is 26.0 Å². The summed E-state index contributed by atoms with van der Waals surface area (Å²) < 4.78 is 5.01. The second-order valence-electron chi connectivity index (χ2n) is 7.30. The standard InChI is InChI=1S/C22H21N3O5S/c1-5-30-22(29)17-12(4)15(10-23)19(31-17)24-18(26)16(11(2)3)25-20(27)13-8-6-7-9-14(13)21(25)28/h6-9,11,16H,5H2,1-4H3,(H,24,26). The molecular weight excluding hydrogens is 418 g/mol. The Morgan fingerprint density at radius 2 is 1.77 bits per heavy atom. The molecule has 0 bridgehead atoms. The number of imide groups is 1. The Bertz CT molecular complexity index is 1090. The highest BCUT2D eigenvalue weighted by atomic mass is 32.1. The third-order valence-electron chi connectivity index (χ3n) is 4.96. The zero-order chi connectivity index (χ0) is 22.9. The topological polar surface area (TPSA) is 117 Å². The van der Waals surface area contributed by atoms with Crippen molar-refractivity contribution in [2.75, 3.05) is 11.9 Å². The third kappa shape index (κ3) is 3.82. The lowest BCUT2D eigenvalue weighted by atomic mass is 10.0. The fraction of sp³-hybridized carbons (Fsp3) is 0.318. The van der Waals surface area contributed by atoms with Crippen LogP contribution in [0.2, 0.25) is 0 Å². The maximum Gasteiger partial charge on any atom is 0.348 e. The summed E-state index contributed by atoms with van der Waals surface area (Å²) in [4.78, 5) is 52.3. The first-order valence-electron chi connectivity index (χ1n) is 9.71. The number of nitrogens with one attached hydrogen (secondary N) is 1. The molecule has 0 fully saturated rings. The van der Waals surface area contributed by atoms with Crippen LogP contribution in [0.3, 0.4) is 0 Å². The SMILES string of the molecule is CCOC(=O)c1sc(NC(=O)C(C(C)C)N2C(=O)c3ccccc3C2=O)c(C#N)c1C. The van der Waals surface area contributed by atoms with Gasteiger partial charge in [-0.25, -0.2) is 4.79 Å². The molecule has 0 radical (unpaired) electrons. The van der Waals surface area contributed by atoms with Crippen molar-refractivity contribution >= 4 is 40.0 Å². The van der Waals surface area contributed by atoms with Crippen LogP contribution in [0.5, 0.6) is 0 Å². The Balaban J connectivity index is 1.94. The lowest BCUT2D eigenvalue weighted by Crippen LogP contribution is -2.50. The molecule has 2 heterocycles. The van der Waals surface area contributed by atoms with E-state index >= 15 is 0 Å². The molecule has 2 aromatic rings. The monoisotopic (exact) mass is 439 g/mol. The number of carbonyl (C=O) groups excluding carboxylic acids is 4. The summed E-state index contributed by atoms with van der Waals surface area (Å²) in [5.41, 5.74) is 1.05. The number of benzene rings is 1. The Morgan fingerprint density at radius 3 is 2.26 bits per heavy atom. The second kappa shape index (κ2) is 8.70. The molecule has 160 valence electrons. The molecule has 0 spiro atoms. The van der Waals surface area contributed by atoms with E-state index in [9.17, 15) is 24.4 Å². The van der Waals surface area contributed by atoms with Gasteiger partial charge in [0.05, 0.1) is 23.3 Å². The van der Waals surface area contributed by atoms with Gasteiger partial charge in [-0.3, -0.25) is 19.3 Å². The lowest BCUT2D eigenvalue weighted by Gasteiger charge is -2.28. The second-order valence-corrected chi connectivity index (χ2v) is 8.32. The number of nitriles is 1. The van der Waals surface area contributed by atoms with Crippen LogP contribution >= 0.6 is 11.3 Å². The van der Waals surface area contributed by atoms with Crippen molar-refractivity contribution in [3.63, 3.8) is 0 Å². The lowest BCUT2D eigenvalue weighted by molar-refractivity contribution is -0.121. The number of fused-ring (bicyclic) bond motifs is 1. The average molecular weight is 439 g/mol. The largest absolute Gasteiger partial charge is 0.462 e. The van der Waals surface area contributed by atoms with Crippen molar-refractivity contribution in [2.24, 2.45) is 5.92 Å². The maximum absolute atomic E-state index is 13.2. The van der Waals surface area contributed by atoms with Crippen LogP contribution in [-0.2, 0) is 9.53 Å². The fourth-order valence-electron chi connectivity index (χ4n) is 3.49. The maximum atomic E-state index is 13.2. The smallest absolute Gasteiger partial charge is 0.348 e. The molecule has 9 heteroatoms. The number of nitrogens with zero attached hydrogens (tertiary/aromatic N) is 2. The van der Waals surface area contributed by atoms with Crippen LogP contribution in [-0.4, -0.2) is 41.2 Å². The molecule has 1 atom stereocenters. The molecule has 3 amide bonds. The van der Waals surface area contributed by atoms with Crippen LogP contribution in [0.15, 0.2) is 24.3 Å². The summed E-state index contributed by atoms with van der Waals surface area (Å²) in [5.74, 6) is -2.66. The van der Waals surface area contributed by atoms with Gasteiger partial charge >= 0.3 is 5.97 Å². The minimum absolute atomic E-state index is 0.145. The summed E-state index contributed by atoms with van der Waals surface area (Å²) in [5, 5.41) is 12.4. The zero-order valence-corrected chi connectivity index (χ0v) is 18.3. The molecule has 0 saturated carbocycles. The number of thiophene rings is 1. The highest BCUT2D eigenvalue weighted by Gasteiger charge is 2.44. The first-order valence-corrected chi connectivity index (χ1v) is 10.5. The molecule has 31 heavy (non-hydrogen) atoms. The van der Waals surface area contributed by atoms with Gasteiger partial charge in [0.15, 0.2) is 0 Å². The van der Waals surface area contributed by atoms with Crippen LogP contribution in [0.4, 0.5) is 5.00 Å². The number of rotatable bonds is 6. The number of esters is 1. The highest BCUT2D eigenvalue weighted by Crippen LogP contribution is 2.34. The van der Waals surface area contributed by atoms with Gasteiger partial charge in [0.1, 0.15) is 22.0 Å². The molecule has 1 aromatic carbocycles. The summed E-state index contributed by atoms with van der Waals surface area (Å²) >= 11 is 0.930. The molecule has 1 unspecified atom stereocenters. The van der Waals surface area contributed by atoms with Crippen LogP contribution in [0.1, 0.15) is 62.3 Å². The predicted octanol–water partition coefficient (Wildman–Crippen LogP) is 3.36. The van der Waals surface area contributed by atoms with Crippen molar-refractivity contribution in [3.05, 3.63) is 51.4 Å². The molecule has 1 aliphatic rings. The van der Waals surface area contributed by atoms with Gasteiger partial charge in [-0.15, -0.1) is 11.3 Å². The molecule has 0 aliphatic carbocycles. The number of anilines is 1. The number of hydrogen-bond acceptors (Lipinski definition) is 7. The van der Waals surface area contributed by atoms with Gasteiger partial charge in [0.25, 0.3) is 11.8 Å². The van der Waals surface area contributed by atoms with E-state index in [0.29, 0.717) is 5.56 Å². The van der Waals surface area contributed by atoms with Crippen molar-refractivity contribution in [1.82, 2.24) is 4.90 Å². The first kappa shape index (κ1) is 22.2. The average Bonchev–Trinajstić information content (AvgIpc) is 3.17. The molecule has 1 N–H and O–H groups in total. The van der Waals surface area contributed by atoms with E-state index in [2.05, 4.69) is 5.32 Å². The van der Waals surface area contributed by atoms with Crippen molar-refractivity contribution in [2.45, 2.75) is 33.7 Å². The van der Waals surface area contributed by atoms with Crippen LogP contribution in [0, 0.1) is 24.2 Å². The molecule has 1 aliphatic heterocycles. The Morgan fingerprint density at radius 1 is 1.19 bits per heavy atom.